The minimum atomic E-state index is -1.12. The molecule has 1 saturated heterocycles. The van der Waals surface area contributed by atoms with E-state index < -0.39 is 35.4 Å². The SMILES string of the molecule is CC(C)C[C@H]1C(=O)N([C@H](CO)C(C)C)C(=O)[C@@H]1C(=O)OC(C)(C)C. The lowest BCUT2D eigenvalue weighted by Crippen LogP contribution is -2.46. The Balaban J connectivity index is 3.21. The molecule has 0 aromatic carbocycles. The third-order valence-corrected chi connectivity index (χ3v) is 4.13. The molecule has 1 aliphatic heterocycles. The number of rotatable bonds is 6. The van der Waals surface area contributed by atoms with Crippen molar-refractivity contribution in [3.63, 3.8) is 0 Å². The second kappa shape index (κ2) is 7.64. The van der Waals surface area contributed by atoms with Gasteiger partial charge in [-0.3, -0.25) is 19.3 Å². The summed E-state index contributed by atoms with van der Waals surface area (Å²) < 4.78 is 5.37. The molecule has 0 aromatic heterocycles. The first-order chi connectivity index (χ1) is 10.9. The molecule has 24 heavy (non-hydrogen) atoms. The Kier molecular flexibility index (Phi) is 6.56. The van der Waals surface area contributed by atoms with E-state index in [0.717, 1.165) is 4.90 Å². The van der Waals surface area contributed by atoms with E-state index in [-0.39, 0.29) is 24.3 Å². The minimum Gasteiger partial charge on any atom is -0.459 e. The monoisotopic (exact) mass is 341 g/mol. The van der Waals surface area contributed by atoms with E-state index in [1.165, 1.54) is 0 Å². The highest BCUT2D eigenvalue weighted by Gasteiger charge is 2.54. The van der Waals surface area contributed by atoms with Gasteiger partial charge in [0, 0.05) is 0 Å². The molecule has 0 aliphatic carbocycles. The lowest BCUT2D eigenvalue weighted by Gasteiger charge is -2.28. The van der Waals surface area contributed by atoms with Crippen LogP contribution in [0.1, 0.15) is 54.9 Å². The molecule has 0 aromatic rings. The zero-order chi connectivity index (χ0) is 18.8. The summed E-state index contributed by atoms with van der Waals surface area (Å²) in [4.78, 5) is 39.3. The molecule has 0 unspecified atom stereocenters. The molecule has 1 aliphatic rings. The average molecular weight is 341 g/mol. The first-order valence-electron chi connectivity index (χ1n) is 8.61. The topological polar surface area (TPSA) is 83.9 Å². The third kappa shape index (κ3) is 4.56. The maximum Gasteiger partial charge on any atom is 0.319 e. The predicted molar refractivity (Wildman–Crippen MR) is 89.8 cm³/mol. The van der Waals surface area contributed by atoms with Gasteiger partial charge in [0.15, 0.2) is 0 Å². The minimum absolute atomic E-state index is 0.0972. The van der Waals surface area contributed by atoms with Crippen LogP contribution in [-0.4, -0.2) is 46.0 Å². The van der Waals surface area contributed by atoms with Crippen LogP contribution >= 0.6 is 0 Å². The summed E-state index contributed by atoms with van der Waals surface area (Å²) in [5, 5.41) is 9.61. The van der Waals surface area contributed by atoms with Gasteiger partial charge in [-0.25, -0.2) is 0 Å². The maximum atomic E-state index is 12.8. The molecule has 3 atom stereocenters. The summed E-state index contributed by atoms with van der Waals surface area (Å²) in [6.07, 6.45) is 0.432. The molecule has 1 heterocycles. The standard InChI is InChI=1S/C18H31NO5/c1-10(2)8-12-14(17(23)24-18(5,6)7)16(22)19(15(12)21)13(9-20)11(3)4/h10-14,20H,8-9H2,1-7H3/t12-,13-,14-/m1/s1. The van der Waals surface area contributed by atoms with Crippen LogP contribution in [0.3, 0.4) is 0 Å². The highest BCUT2D eigenvalue weighted by atomic mass is 16.6. The molecule has 0 saturated carbocycles. The van der Waals surface area contributed by atoms with E-state index in [4.69, 9.17) is 4.74 Å². The molecule has 2 amide bonds. The molecule has 6 heteroatoms. The van der Waals surface area contributed by atoms with E-state index in [1.54, 1.807) is 20.8 Å². The van der Waals surface area contributed by atoms with Crippen molar-refractivity contribution >= 4 is 17.8 Å². The number of imide groups is 1. The second-order valence-electron chi connectivity index (χ2n) is 8.29. The van der Waals surface area contributed by atoms with Crippen molar-refractivity contribution < 1.29 is 24.2 Å². The van der Waals surface area contributed by atoms with E-state index in [0.29, 0.717) is 6.42 Å². The van der Waals surface area contributed by atoms with Gasteiger partial charge in [0.25, 0.3) is 0 Å². The third-order valence-electron chi connectivity index (χ3n) is 4.13. The van der Waals surface area contributed by atoms with Crippen LogP contribution in [0.2, 0.25) is 0 Å². The van der Waals surface area contributed by atoms with E-state index >= 15 is 0 Å². The summed E-state index contributed by atoms with van der Waals surface area (Å²) in [6, 6.07) is -0.618. The zero-order valence-electron chi connectivity index (χ0n) is 15.8. The van der Waals surface area contributed by atoms with E-state index in [9.17, 15) is 19.5 Å². The van der Waals surface area contributed by atoms with Crippen LogP contribution in [0.25, 0.3) is 0 Å². The van der Waals surface area contributed by atoms with Crippen LogP contribution < -0.4 is 0 Å². The number of hydrogen-bond donors (Lipinski definition) is 1. The average Bonchev–Trinajstić information content (AvgIpc) is 2.61. The highest BCUT2D eigenvalue weighted by Crippen LogP contribution is 2.35. The summed E-state index contributed by atoms with van der Waals surface area (Å²) >= 11 is 0. The number of aliphatic hydroxyl groups is 1. The summed E-state index contributed by atoms with van der Waals surface area (Å²) in [7, 11) is 0. The normalized spacial score (nSPS) is 23.3. The number of carbonyl (C=O) groups is 3. The number of nitrogens with zero attached hydrogens (tertiary/aromatic N) is 1. The summed E-state index contributed by atoms with van der Waals surface area (Å²) in [5.74, 6) is -3.37. The molecule has 0 spiro atoms. The number of hydrogen-bond acceptors (Lipinski definition) is 5. The van der Waals surface area contributed by atoms with Crippen LogP contribution in [-0.2, 0) is 19.1 Å². The Labute approximate surface area is 144 Å². The molecule has 138 valence electrons. The Bertz CT molecular complexity index is 492. The van der Waals surface area contributed by atoms with Gasteiger partial charge in [-0.05, 0) is 39.0 Å². The van der Waals surface area contributed by atoms with Crippen molar-refractivity contribution in [1.29, 1.82) is 0 Å². The Morgan fingerprint density at radius 3 is 2.08 bits per heavy atom. The first-order valence-corrected chi connectivity index (χ1v) is 8.61. The maximum absolute atomic E-state index is 12.8. The van der Waals surface area contributed by atoms with Crippen molar-refractivity contribution in [1.82, 2.24) is 4.90 Å². The lowest BCUT2D eigenvalue weighted by molar-refractivity contribution is -0.164. The number of esters is 1. The van der Waals surface area contributed by atoms with Crippen LogP contribution in [0.4, 0.5) is 0 Å². The molecule has 0 bridgehead atoms. The Morgan fingerprint density at radius 1 is 1.17 bits per heavy atom. The number of carbonyl (C=O) groups excluding carboxylic acids is 3. The molecule has 0 radical (unpaired) electrons. The highest BCUT2D eigenvalue weighted by molar-refractivity contribution is 6.14. The van der Waals surface area contributed by atoms with Gasteiger partial charge in [-0.2, -0.15) is 0 Å². The van der Waals surface area contributed by atoms with Crippen molar-refractivity contribution in [3.8, 4) is 0 Å². The van der Waals surface area contributed by atoms with Gasteiger partial charge < -0.3 is 9.84 Å². The van der Waals surface area contributed by atoms with Crippen molar-refractivity contribution in [2.24, 2.45) is 23.7 Å². The summed E-state index contributed by atoms with van der Waals surface area (Å²) in [5.41, 5.74) is -0.732. The number of aliphatic hydroxyl groups excluding tert-OH is 1. The molecule has 6 nitrogen and oxygen atoms in total. The largest absolute Gasteiger partial charge is 0.459 e. The van der Waals surface area contributed by atoms with E-state index in [2.05, 4.69) is 0 Å². The lowest BCUT2D eigenvalue weighted by atomic mass is 9.87. The van der Waals surface area contributed by atoms with Gasteiger partial charge in [-0.1, -0.05) is 27.7 Å². The fourth-order valence-corrected chi connectivity index (χ4v) is 3.04. The fraction of sp³-hybridized carbons (Fsp3) is 0.833. The Morgan fingerprint density at radius 2 is 1.71 bits per heavy atom. The molecule has 1 rings (SSSR count). The number of ether oxygens (including phenoxy) is 1. The zero-order valence-corrected chi connectivity index (χ0v) is 15.8. The van der Waals surface area contributed by atoms with E-state index in [1.807, 2.05) is 27.7 Å². The van der Waals surface area contributed by atoms with Gasteiger partial charge in [0.1, 0.15) is 11.5 Å². The predicted octanol–water partition coefficient (Wildman–Crippen LogP) is 1.99. The van der Waals surface area contributed by atoms with Crippen molar-refractivity contribution in [2.75, 3.05) is 6.61 Å². The number of amides is 2. The van der Waals surface area contributed by atoms with Crippen LogP contribution in [0.15, 0.2) is 0 Å². The molecule has 1 N–H and O–H groups in total. The first kappa shape index (κ1) is 20.6. The quantitative estimate of drug-likeness (QED) is 0.454. The van der Waals surface area contributed by atoms with Gasteiger partial charge in [0.2, 0.25) is 11.8 Å². The Hall–Kier alpha value is -1.43. The molecular formula is C18H31NO5. The second-order valence-corrected chi connectivity index (χ2v) is 8.29. The van der Waals surface area contributed by atoms with Crippen LogP contribution in [0.5, 0.6) is 0 Å². The summed E-state index contributed by atoms with van der Waals surface area (Å²) in [6.45, 7) is 12.4. The van der Waals surface area contributed by atoms with Crippen molar-refractivity contribution in [3.05, 3.63) is 0 Å². The van der Waals surface area contributed by atoms with Gasteiger partial charge in [-0.15, -0.1) is 0 Å². The van der Waals surface area contributed by atoms with Gasteiger partial charge in [0.05, 0.1) is 18.6 Å². The van der Waals surface area contributed by atoms with Crippen LogP contribution in [0, 0.1) is 23.7 Å². The van der Waals surface area contributed by atoms with Crippen molar-refractivity contribution in [2.45, 2.75) is 66.5 Å². The van der Waals surface area contributed by atoms with Gasteiger partial charge >= 0.3 is 5.97 Å². The number of likely N-dealkylation sites (tertiary alicyclic amines) is 1. The smallest absolute Gasteiger partial charge is 0.319 e. The molecule has 1 fully saturated rings. The fourth-order valence-electron chi connectivity index (χ4n) is 3.04. The molecular weight excluding hydrogens is 310 g/mol.